The lowest BCUT2D eigenvalue weighted by Crippen LogP contribution is -2.37. The van der Waals surface area contributed by atoms with E-state index >= 15 is 0 Å². The van der Waals surface area contributed by atoms with Crippen molar-refractivity contribution in [1.82, 2.24) is 0 Å². The number of hydrogen-bond acceptors (Lipinski definition) is 5. The molecule has 0 radical (unpaired) electrons. The maximum atomic E-state index is 14.3. The van der Waals surface area contributed by atoms with Gasteiger partial charge in [-0.2, -0.15) is 4.31 Å². The van der Waals surface area contributed by atoms with E-state index in [0.29, 0.717) is 21.9 Å². The quantitative estimate of drug-likeness (QED) is 0.160. The summed E-state index contributed by atoms with van der Waals surface area (Å²) in [7, 11) is -4.36. The van der Waals surface area contributed by atoms with Crippen LogP contribution in [0.2, 0.25) is 0 Å². The lowest BCUT2D eigenvalue weighted by molar-refractivity contribution is 0.0736. The van der Waals surface area contributed by atoms with Crippen molar-refractivity contribution in [2.45, 2.75) is 32.6 Å². The van der Waals surface area contributed by atoms with Crippen LogP contribution in [-0.2, 0) is 10.0 Å². The summed E-state index contributed by atoms with van der Waals surface area (Å²) in [5.74, 6) is -0.985. The molecule has 0 aliphatic rings. The van der Waals surface area contributed by atoms with E-state index in [0.717, 1.165) is 21.0 Å². The van der Waals surface area contributed by atoms with Gasteiger partial charge >= 0.3 is 5.97 Å². The highest BCUT2D eigenvalue weighted by atomic mass is 32.2. The number of benzene rings is 5. The molecule has 5 aromatic carbocycles. The van der Waals surface area contributed by atoms with Crippen molar-refractivity contribution in [2.24, 2.45) is 0 Å². The van der Waals surface area contributed by atoms with E-state index in [9.17, 15) is 18.0 Å². The zero-order valence-electron chi connectivity index (χ0n) is 23.2. The number of anilines is 1. The number of nitrogens with zero attached hydrogens (tertiary/aromatic N) is 1. The first-order chi connectivity index (χ1) is 19.6. The molecule has 5 rings (SSSR count). The van der Waals surface area contributed by atoms with Crippen molar-refractivity contribution in [2.75, 3.05) is 4.31 Å². The van der Waals surface area contributed by atoms with Gasteiger partial charge in [-0.05, 0) is 81.3 Å². The maximum absolute atomic E-state index is 14.3. The molecule has 0 N–H and O–H groups in total. The Morgan fingerprint density at radius 2 is 1.20 bits per heavy atom. The molecule has 0 bridgehead atoms. The molecule has 0 aliphatic carbocycles. The zero-order valence-corrected chi connectivity index (χ0v) is 24.0. The van der Waals surface area contributed by atoms with Gasteiger partial charge in [0.2, 0.25) is 0 Å². The molecule has 0 heterocycles. The van der Waals surface area contributed by atoms with Crippen LogP contribution in [-0.4, -0.2) is 20.3 Å². The molecule has 0 saturated heterocycles. The molecule has 41 heavy (non-hydrogen) atoms. The molecule has 0 unspecified atom stereocenters. The standard InChI is InChI=1S/C34H29NO5S/c1-22-10-15-26(16-11-22)33(36)35(41(38,39)32-21-24(3)9-14-25(32)4)30-19-20-31(29-8-6-5-7-28(29)30)40-34(37)27-17-12-23(2)13-18-27/h5-21H,1-4H3. The Kier molecular flexibility index (Phi) is 7.47. The molecule has 0 saturated carbocycles. The summed E-state index contributed by atoms with van der Waals surface area (Å²) in [5.41, 5.74) is 3.99. The summed E-state index contributed by atoms with van der Waals surface area (Å²) in [6, 6.07) is 28.9. The minimum atomic E-state index is -4.36. The summed E-state index contributed by atoms with van der Waals surface area (Å²) in [6.07, 6.45) is 0. The average molecular weight is 564 g/mol. The molecule has 0 fully saturated rings. The van der Waals surface area contributed by atoms with Crippen molar-refractivity contribution in [3.8, 4) is 5.75 Å². The highest BCUT2D eigenvalue weighted by Gasteiger charge is 2.34. The van der Waals surface area contributed by atoms with Gasteiger partial charge in [0.1, 0.15) is 5.75 Å². The number of sulfonamides is 1. The van der Waals surface area contributed by atoms with Gasteiger partial charge in [-0.3, -0.25) is 4.79 Å². The first-order valence-electron chi connectivity index (χ1n) is 13.1. The van der Waals surface area contributed by atoms with Crippen molar-refractivity contribution < 1.29 is 22.7 Å². The molecule has 6 nitrogen and oxygen atoms in total. The highest BCUT2D eigenvalue weighted by molar-refractivity contribution is 7.93. The number of carbonyl (C=O) groups is 2. The number of amides is 1. The van der Waals surface area contributed by atoms with Crippen LogP contribution in [0.4, 0.5) is 5.69 Å². The second-order valence-electron chi connectivity index (χ2n) is 10.1. The summed E-state index contributed by atoms with van der Waals surface area (Å²) in [6.45, 7) is 7.32. The smallest absolute Gasteiger partial charge is 0.343 e. The van der Waals surface area contributed by atoms with Crippen LogP contribution in [0.5, 0.6) is 5.75 Å². The average Bonchev–Trinajstić information content (AvgIpc) is 2.96. The fourth-order valence-electron chi connectivity index (χ4n) is 4.62. The minimum Gasteiger partial charge on any atom is -0.422 e. The Hall–Kier alpha value is -4.75. The second kappa shape index (κ2) is 11.0. The Morgan fingerprint density at radius 1 is 0.634 bits per heavy atom. The van der Waals surface area contributed by atoms with Crippen molar-refractivity contribution in [1.29, 1.82) is 0 Å². The summed E-state index contributed by atoms with van der Waals surface area (Å²) in [4.78, 5) is 27.0. The van der Waals surface area contributed by atoms with Gasteiger partial charge < -0.3 is 4.74 Å². The van der Waals surface area contributed by atoms with Crippen molar-refractivity contribution in [3.63, 3.8) is 0 Å². The number of rotatable bonds is 6. The van der Waals surface area contributed by atoms with E-state index in [1.54, 1.807) is 86.6 Å². The first kappa shape index (κ1) is 27.8. The predicted molar refractivity (Wildman–Crippen MR) is 161 cm³/mol. The molecule has 5 aromatic rings. The summed E-state index contributed by atoms with van der Waals surface area (Å²) in [5, 5.41) is 0.930. The molecule has 0 atom stereocenters. The molecular weight excluding hydrogens is 534 g/mol. The number of hydrogen-bond donors (Lipinski definition) is 0. The third-order valence-corrected chi connectivity index (χ3v) is 8.75. The monoisotopic (exact) mass is 563 g/mol. The van der Waals surface area contributed by atoms with Gasteiger partial charge in [0.15, 0.2) is 0 Å². The maximum Gasteiger partial charge on any atom is 0.343 e. The molecule has 0 aliphatic heterocycles. The zero-order chi connectivity index (χ0) is 29.3. The first-order valence-corrected chi connectivity index (χ1v) is 14.5. The van der Waals surface area contributed by atoms with Crippen LogP contribution in [0, 0.1) is 27.7 Å². The number of carbonyl (C=O) groups excluding carboxylic acids is 2. The minimum absolute atomic E-state index is 0.0388. The summed E-state index contributed by atoms with van der Waals surface area (Å²) >= 11 is 0. The number of fused-ring (bicyclic) bond motifs is 1. The highest BCUT2D eigenvalue weighted by Crippen LogP contribution is 2.38. The Balaban J connectivity index is 1.68. The van der Waals surface area contributed by atoms with E-state index in [1.165, 1.54) is 12.1 Å². The van der Waals surface area contributed by atoms with E-state index in [4.69, 9.17) is 4.74 Å². The van der Waals surface area contributed by atoms with Crippen LogP contribution in [0.3, 0.4) is 0 Å². The van der Waals surface area contributed by atoms with Crippen LogP contribution >= 0.6 is 0 Å². The third kappa shape index (κ3) is 5.49. The summed E-state index contributed by atoms with van der Waals surface area (Å²) < 4.78 is 35.3. The predicted octanol–water partition coefficient (Wildman–Crippen LogP) is 7.33. The van der Waals surface area contributed by atoms with Gasteiger partial charge in [-0.25, -0.2) is 13.2 Å². The Morgan fingerprint density at radius 3 is 1.83 bits per heavy atom. The Labute approximate surface area is 239 Å². The fourth-order valence-corrected chi connectivity index (χ4v) is 6.36. The number of aryl methyl sites for hydroxylation is 4. The van der Waals surface area contributed by atoms with Crippen LogP contribution < -0.4 is 9.04 Å². The topological polar surface area (TPSA) is 80.8 Å². The fraction of sp³-hybridized carbons (Fsp3) is 0.118. The van der Waals surface area contributed by atoms with Gasteiger partial charge in [-0.1, -0.05) is 71.8 Å². The van der Waals surface area contributed by atoms with Crippen molar-refractivity contribution >= 4 is 38.4 Å². The van der Waals surface area contributed by atoms with E-state index in [2.05, 4.69) is 0 Å². The SMILES string of the molecule is Cc1ccc(C(=O)Oc2ccc(N(C(=O)c3ccc(C)cc3)S(=O)(=O)c3cc(C)ccc3C)c3ccccc23)cc1. The van der Waals surface area contributed by atoms with E-state index < -0.39 is 21.9 Å². The van der Waals surface area contributed by atoms with Crippen LogP contribution in [0.15, 0.2) is 108 Å². The van der Waals surface area contributed by atoms with Gasteiger partial charge in [-0.15, -0.1) is 0 Å². The molecular formula is C34H29NO5S. The van der Waals surface area contributed by atoms with Crippen LogP contribution in [0.25, 0.3) is 10.8 Å². The Bertz CT molecular complexity index is 1890. The van der Waals surface area contributed by atoms with Gasteiger partial charge in [0, 0.05) is 16.3 Å². The molecule has 1 amide bonds. The molecule has 0 aromatic heterocycles. The second-order valence-corrected chi connectivity index (χ2v) is 11.8. The lowest BCUT2D eigenvalue weighted by atomic mass is 10.1. The number of ether oxygens (including phenoxy) is 1. The molecule has 206 valence electrons. The van der Waals surface area contributed by atoms with Gasteiger partial charge in [0.25, 0.3) is 15.9 Å². The number of esters is 1. The van der Waals surface area contributed by atoms with E-state index in [-0.39, 0.29) is 21.9 Å². The van der Waals surface area contributed by atoms with Crippen molar-refractivity contribution in [3.05, 3.63) is 137 Å². The molecule has 7 heteroatoms. The van der Waals surface area contributed by atoms with E-state index in [1.807, 2.05) is 32.0 Å². The molecule has 0 spiro atoms. The third-order valence-electron chi connectivity index (χ3n) is 6.91. The van der Waals surface area contributed by atoms with Gasteiger partial charge in [0.05, 0.1) is 16.1 Å². The normalized spacial score (nSPS) is 11.3. The lowest BCUT2D eigenvalue weighted by Gasteiger charge is -2.25. The largest absolute Gasteiger partial charge is 0.422 e. The van der Waals surface area contributed by atoms with Crippen LogP contribution in [0.1, 0.15) is 43.0 Å².